The fourth-order valence-electron chi connectivity index (χ4n) is 1.67. The molecule has 0 bridgehead atoms. The molecule has 1 N–H and O–H groups in total. The van der Waals surface area contributed by atoms with Gasteiger partial charge in [-0.05, 0) is 12.1 Å². The number of aromatic nitrogens is 2. The Labute approximate surface area is 114 Å². The van der Waals surface area contributed by atoms with Crippen molar-refractivity contribution < 1.29 is 28.0 Å². The molecule has 1 aromatic heterocycles. The number of halogens is 3. The molecule has 0 unspecified atom stereocenters. The Morgan fingerprint density at radius 1 is 1.43 bits per heavy atom. The van der Waals surface area contributed by atoms with E-state index in [0.29, 0.717) is 16.9 Å². The second-order valence-corrected chi connectivity index (χ2v) is 3.87. The van der Waals surface area contributed by atoms with Crippen LogP contribution in [0.4, 0.5) is 18.9 Å². The summed E-state index contributed by atoms with van der Waals surface area (Å²) in [5.74, 6) is -2.55. The maximum Gasteiger partial charge on any atom is 0.339 e. The van der Waals surface area contributed by atoms with E-state index < -0.39 is 40.1 Å². The summed E-state index contributed by atoms with van der Waals surface area (Å²) in [4.78, 5) is 20.8. The molecule has 21 heavy (non-hydrogen) atoms. The number of nitro benzene ring substituents is 1. The highest BCUT2D eigenvalue weighted by molar-refractivity contribution is 5.88. The monoisotopic (exact) mass is 301 g/mol. The molecule has 0 saturated heterocycles. The average Bonchev–Trinajstić information content (AvgIpc) is 2.83. The molecule has 0 spiro atoms. The smallest absolute Gasteiger partial charge is 0.339 e. The van der Waals surface area contributed by atoms with E-state index in [-0.39, 0.29) is 5.69 Å². The van der Waals surface area contributed by atoms with Crippen LogP contribution in [0, 0.1) is 15.9 Å². The highest BCUT2D eigenvalue weighted by Gasteiger charge is 2.26. The molecule has 2 aromatic rings. The van der Waals surface area contributed by atoms with Crippen LogP contribution in [0.15, 0.2) is 24.4 Å². The Kier molecular flexibility index (Phi) is 3.61. The number of rotatable bonds is 4. The molecule has 0 fully saturated rings. The fraction of sp³-hybridized carbons (Fsp3) is 0.0909. The lowest BCUT2D eigenvalue weighted by Gasteiger charge is -2.02. The third-order valence-electron chi connectivity index (χ3n) is 2.56. The minimum absolute atomic E-state index is 0.323. The van der Waals surface area contributed by atoms with Gasteiger partial charge < -0.3 is 5.11 Å². The van der Waals surface area contributed by atoms with E-state index in [0.717, 1.165) is 12.1 Å². The van der Waals surface area contributed by atoms with Gasteiger partial charge in [-0.1, -0.05) is 0 Å². The van der Waals surface area contributed by atoms with Crippen LogP contribution in [0.1, 0.15) is 22.5 Å². The molecule has 0 aliphatic rings. The first-order valence-corrected chi connectivity index (χ1v) is 5.36. The Morgan fingerprint density at radius 2 is 2.10 bits per heavy atom. The molecular formula is C11H6F3N3O4. The van der Waals surface area contributed by atoms with E-state index in [1.54, 1.807) is 0 Å². The molecule has 1 heterocycles. The van der Waals surface area contributed by atoms with E-state index in [1.165, 1.54) is 0 Å². The second kappa shape index (κ2) is 5.23. The van der Waals surface area contributed by atoms with Crippen molar-refractivity contribution in [2.45, 2.75) is 6.43 Å². The lowest BCUT2D eigenvalue weighted by molar-refractivity contribution is -0.384. The summed E-state index contributed by atoms with van der Waals surface area (Å²) in [6.07, 6.45) is -2.46. The third-order valence-corrected chi connectivity index (χ3v) is 2.56. The lowest BCUT2D eigenvalue weighted by Crippen LogP contribution is -2.02. The molecule has 0 radical (unpaired) electrons. The molecule has 10 heteroatoms. The average molecular weight is 301 g/mol. The van der Waals surface area contributed by atoms with E-state index >= 15 is 0 Å². The summed E-state index contributed by atoms with van der Waals surface area (Å²) in [6, 6.07) is 2.40. The lowest BCUT2D eigenvalue weighted by atomic mass is 10.2. The van der Waals surface area contributed by atoms with Gasteiger partial charge in [0, 0.05) is 6.20 Å². The van der Waals surface area contributed by atoms with Crippen molar-refractivity contribution in [2.24, 2.45) is 0 Å². The Balaban J connectivity index is 2.65. The normalized spacial score (nSPS) is 10.9. The van der Waals surface area contributed by atoms with Crippen molar-refractivity contribution >= 4 is 11.7 Å². The summed E-state index contributed by atoms with van der Waals surface area (Å²) < 4.78 is 39.0. The maximum atomic E-state index is 13.0. The first-order chi connectivity index (χ1) is 9.81. The number of carboxylic acid groups (broad SMARTS) is 1. The number of benzene rings is 1. The number of carbonyl (C=O) groups is 1. The van der Waals surface area contributed by atoms with Gasteiger partial charge in [0.2, 0.25) is 0 Å². The number of carboxylic acids is 1. The van der Waals surface area contributed by atoms with Crippen molar-refractivity contribution in [3.05, 3.63) is 51.6 Å². The Bertz CT molecular complexity index is 729. The van der Waals surface area contributed by atoms with Crippen molar-refractivity contribution in [1.29, 1.82) is 0 Å². The summed E-state index contributed by atoms with van der Waals surface area (Å²) >= 11 is 0. The van der Waals surface area contributed by atoms with Gasteiger partial charge in [-0.25, -0.2) is 22.6 Å². The predicted octanol–water partition coefficient (Wildman–Crippen LogP) is 2.56. The summed E-state index contributed by atoms with van der Waals surface area (Å²) in [5.41, 5.74) is -2.86. The molecule has 2 rings (SSSR count). The van der Waals surface area contributed by atoms with Gasteiger partial charge in [-0.3, -0.25) is 10.1 Å². The fourth-order valence-corrected chi connectivity index (χ4v) is 1.67. The number of nitro groups is 1. The van der Waals surface area contributed by atoms with Crippen LogP contribution in [-0.2, 0) is 0 Å². The molecular weight excluding hydrogens is 295 g/mol. The Morgan fingerprint density at radius 3 is 2.57 bits per heavy atom. The zero-order valence-corrected chi connectivity index (χ0v) is 10.0. The van der Waals surface area contributed by atoms with Crippen LogP contribution in [0.2, 0.25) is 0 Å². The number of alkyl halides is 2. The van der Waals surface area contributed by atoms with Gasteiger partial charge in [0.15, 0.2) is 0 Å². The molecule has 110 valence electrons. The van der Waals surface area contributed by atoms with Gasteiger partial charge in [-0.2, -0.15) is 5.10 Å². The molecule has 0 atom stereocenters. The van der Waals surface area contributed by atoms with Crippen LogP contribution in [0.3, 0.4) is 0 Å². The zero-order valence-electron chi connectivity index (χ0n) is 10.0. The summed E-state index contributed by atoms with van der Waals surface area (Å²) in [7, 11) is 0. The van der Waals surface area contributed by atoms with E-state index in [9.17, 15) is 28.1 Å². The topological polar surface area (TPSA) is 98.3 Å². The predicted molar refractivity (Wildman–Crippen MR) is 62.1 cm³/mol. The van der Waals surface area contributed by atoms with E-state index in [2.05, 4.69) is 5.10 Å². The van der Waals surface area contributed by atoms with Gasteiger partial charge in [0.1, 0.15) is 22.8 Å². The standard InChI is InChI=1S/C11H6F3N3O4/c12-5-1-2-7(8(3-5)17(20)21)16-4-6(11(18)19)9(15-16)10(13)14/h1-4,10H,(H,18,19). The van der Waals surface area contributed by atoms with Gasteiger partial charge in [-0.15, -0.1) is 0 Å². The first kappa shape index (κ1) is 14.5. The highest BCUT2D eigenvalue weighted by Crippen LogP contribution is 2.27. The molecule has 0 amide bonds. The first-order valence-electron chi connectivity index (χ1n) is 5.36. The maximum absolute atomic E-state index is 13.0. The van der Waals surface area contributed by atoms with Gasteiger partial charge in [0.05, 0.1) is 11.0 Å². The molecule has 0 aliphatic heterocycles. The zero-order chi connectivity index (χ0) is 15.7. The molecule has 7 nitrogen and oxygen atoms in total. The van der Waals surface area contributed by atoms with Crippen molar-refractivity contribution in [3.63, 3.8) is 0 Å². The van der Waals surface area contributed by atoms with Gasteiger partial charge in [0.25, 0.3) is 12.1 Å². The largest absolute Gasteiger partial charge is 0.478 e. The number of hydrogen-bond acceptors (Lipinski definition) is 4. The quantitative estimate of drug-likeness (QED) is 0.691. The van der Waals surface area contributed by atoms with Crippen LogP contribution in [-0.4, -0.2) is 25.8 Å². The van der Waals surface area contributed by atoms with Crippen LogP contribution in [0.25, 0.3) is 5.69 Å². The second-order valence-electron chi connectivity index (χ2n) is 3.87. The van der Waals surface area contributed by atoms with E-state index in [1.807, 2.05) is 0 Å². The highest BCUT2D eigenvalue weighted by atomic mass is 19.3. The van der Waals surface area contributed by atoms with Gasteiger partial charge >= 0.3 is 5.97 Å². The Hall–Kier alpha value is -2.91. The van der Waals surface area contributed by atoms with E-state index in [4.69, 9.17) is 5.11 Å². The molecule has 1 aromatic carbocycles. The van der Waals surface area contributed by atoms with Crippen LogP contribution in [0.5, 0.6) is 0 Å². The molecule has 0 aliphatic carbocycles. The SMILES string of the molecule is O=C(O)c1cn(-c2ccc(F)cc2[N+](=O)[O-])nc1C(F)F. The number of nitrogens with zero attached hydrogens (tertiary/aromatic N) is 3. The van der Waals surface area contributed by atoms with Crippen molar-refractivity contribution in [2.75, 3.05) is 0 Å². The summed E-state index contributed by atoms with van der Waals surface area (Å²) in [6.45, 7) is 0. The van der Waals surface area contributed by atoms with Crippen molar-refractivity contribution in [3.8, 4) is 5.69 Å². The van der Waals surface area contributed by atoms with Crippen LogP contribution < -0.4 is 0 Å². The van der Waals surface area contributed by atoms with Crippen LogP contribution >= 0.6 is 0 Å². The minimum atomic E-state index is -3.17. The number of aromatic carboxylic acids is 1. The third kappa shape index (κ3) is 2.68. The minimum Gasteiger partial charge on any atom is -0.478 e. The summed E-state index contributed by atoms with van der Waals surface area (Å²) in [5, 5.41) is 23.0. The number of hydrogen-bond donors (Lipinski definition) is 1. The molecule has 0 saturated carbocycles. The van der Waals surface area contributed by atoms with Crippen molar-refractivity contribution in [1.82, 2.24) is 9.78 Å².